The number of piperidine rings is 1. The van der Waals surface area contributed by atoms with Crippen molar-refractivity contribution in [2.45, 2.75) is 51.4 Å². The van der Waals surface area contributed by atoms with Crippen molar-refractivity contribution in [1.82, 2.24) is 4.90 Å². The van der Waals surface area contributed by atoms with Crippen LogP contribution in [0.15, 0.2) is 18.2 Å². The van der Waals surface area contributed by atoms with Gasteiger partial charge in [-0.3, -0.25) is 0 Å². The van der Waals surface area contributed by atoms with E-state index in [1.807, 2.05) is 6.07 Å². The Morgan fingerprint density at radius 1 is 0.864 bits per heavy atom. The molecule has 1 heterocycles. The molecule has 124 valence electrons. The molecule has 22 heavy (non-hydrogen) atoms. The Labute approximate surface area is 144 Å². The highest BCUT2D eigenvalue weighted by Crippen LogP contribution is 2.26. The second-order valence-corrected chi connectivity index (χ2v) is 6.91. The lowest BCUT2D eigenvalue weighted by Gasteiger charge is -2.26. The number of benzene rings is 1. The minimum absolute atomic E-state index is 0.553. The average molecular weight is 344 g/mol. The average Bonchev–Trinajstić information content (AvgIpc) is 2.54. The standard InChI is InChI=1S/C18H27Cl2NO/c19-17-10-9-16(15-18(17)20)22-14-8-3-1-2-5-11-21-12-6-4-7-13-21/h9-10,15H,1-8,11-14H2. The van der Waals surface area contributed by atoms with Crippen LogP contribution in [0.25, 0.3) is 0 Å². The quantitative estimate of drug-likeness (QED) is 0.524. The summed E-state index contributed by atoms with van der Waals surface area (Å²) in [5.74, 6) is 0.805. The van der Waals surface area contributed by atoms with Gasteiger partial charge in [-0.15, -0.1) is 0 Å². The first kappa shape index (κ1) is 17.9. The van der Waals surface area contributed by atoms with Crippen molar-refractivity contribution in [3.63, 3.8) is 0 Å². The maximum absolute atomic E-state index is 5.96. The molecule has 0 unspecified atom stereocenters. The van der Waals surface area contributed by atoms with E-state index in [1.54, 1.807) is 12.1 Å². The van der Waals surface area contributed by atoms with Crippen LogP contribution in [0.4, 0.5) is 0 Å². The Morgan fingerprint density at radius 2 is 1.59 bits per heavy atom. The summed E-state index contributed by atoms with van der Waals surface area (Å²) >= 11 is 11.8. The zero-order valence-electron chi connectivity index (χ0n) is 13.3. The van der Waals surface area contributed by atoms with E-state index in [9.17, 15) is 0 Å². The largest absolute Gasteiger partial charge is 0.494 e. The molecule has 1 aromatic rings. The molecule has 2 nitrogen and oxygen atoms in total. The van der Waals surface area contributed by atoms with E-state index >= 15 is 0 Å². The minimum atomic E-state index is 0.553. The number of unbranched alkanes of at least 4 members (excludes halogenated alkanes) is 4. The Kier molecular flexibility index (Phi) is 8.43. The van der Waals surface area contributed by atoms with Crippen LogP contribution in [0.2, 0.25) is 10.0 Å². The molecule has 0 N–H and O–H groups in total. The Bertz CT molecular complexity index is 433. The highest BCUT2D eigenvalue weighted by Gasteiger charge is 2.08. The molecule has 0 saturated carbocycles. The molecule has 0 spiro atoms. The highest BCUT2D eigenvalue weighted by molar-refractivity contribution is 6.42. The van der Waals surface area contributed by atoms with Crippen LogP contribution in [-0.2, 0) is 0 Å². The molecule has 1 aliphatic rings. The predicted octanol–water partition coefficient (Wildman–Crippen LogP) is 5.81. The normalized spacial score (nSPS) is 15.9. The molecule has 0 atom stereocenters. The maximum atomic E-state index is 5.96. The number of likely N-dealkylation sites (tertiary alicyclic amines) is 1. The van der Waals surface area contributed by atoms with E-state index in [4.69, 9.17) is 27.9 Å². The number of ether oxygens (including phenoxy) is 1. The second kappa shape index (κ2) is 10.4. The monoisotopic (exact) mass is 343 g/mol. The van der Waals surface area contributed by atoms with Crippen LogP contribution in [0.1, 0.15) is 51.4 Å². The van der Waals surface area contributed by atoms with Crippen LogP contribution in [0, 0.1) is 0 Å². The zero-order chi connectivity index (χ0) is 15.6. The summed E-state index contributed by atoms with van der Waals surface area (Å²) in [6, 6.07) is 5.43. The topological polar surface area (TPSA) is 12.5 Å². The molecule has 0 amide bonds. The molecule has 4 heteroatoms. The van der Waals surface area contributed by atoms with Crippen molar-refractivity contribution in [3.8, 4) is 5.75 Å². The van der Waals surface area contributed by atoms with Crippen LogP contribution >= 0.6 is 23.2 Å². The van der Waals surface area contributed by atoms with E-state index in [1.165, 1.54) is 64.6 Å². The third-order valence-corrected chi connectivity index (χ3v) is 4.97. The number of hydrogen-bond donors (Lipinski definition) is 0. The van der Waals surface area contributed by atoms with Gasteiger partial charge in [0.15, 0.2) is 0 Å². The van der Waals surface area contributed by atoms with Crippen molar-refractivity contribution in [2.24, 2.45) is 0 Å². The van der Waals surface area contributed by atoms with Gasteiger partial charge in [-0.25, -0.2) is 0 Å². The van der Waals surface area contributed by atoms with Gasteiger partial charge in [0.05, 0.1) is 16.7 Å². The summed E-state index contributed by atoms with van der Waals surface area (Å²) in [5.41, 5.74) is 0. The zero-order valence-corrected chi connectivity index (χ0v) is 14.8. The predicted molar refractivity (Wildman–Crippen MR) is 95.3 cm³/mol. The van der Waals surface area contributed by atoms with Crippen molar-refractivity contribution < 1.29 is 4.74 Å². The minimum Gasteiger partial charge on any atom is -0.494 e. The van der Waals surface area contributed by atoms with Gasteiger partial charge in [-0.05, 0) is 57.5 Å². The van der Waals surface area contributed by atoms with Crippen LogP contribution in [0.3, 0.4) is 0 Å². The van der Waals surface area contributed by atoms with E-state index in [-0.39, 0.29) is 0 Å². The molecule has 0 radical (unpaired) electrons. The summed E-state index contributed by atoms with van der Waals surface area (Å²) in [5, 5.41) is 1.12. The van der Waals surface area contributed by atoms with Gasteiger partial charge in [-0.2, -0.15) is 0 Å². The van der Waals surface area contributed by atoms with E-state index < -0.39 is 0 Å². The molecule has 1 saturated heterocycles. The van der Waals surface area contributed by atoms with E-state index in [2.05, 4.69) is 4.90 Å². The van der Waals surface area contributed by atoms with Gasteiger partial charge in [0.2, 0.25) is 0 Å². The first-order valence-electron chi connectivity index (χ1n) is 8.56. The van der Waals surface area contributed by atoms with Gasteiger partial charge in [0, 0.05) is 6.07 Å². The molecule has 1 fully saturated rings. The molecular weight excluding hydrogens is 317 g/mol. The van der Waals surface area contributed by atoms with E-state index in [0.717, 1.165) is 18.8 Å². The SMILES string of the molecule is Clc1ccc(OCCCCCCCN2CCCCC2)cc1Cl. The lowest BCUT2D eigenvalue weighted by atomic mass is 10.1. The summed E-state index contributed by atoms with van der Waals surface area (Å²) < 4.78 is 5.69. The first-order chi connectivity index (χ1) is 10.8. The number of nitrogens with zero attached hydrogens (tertiary/aromatic N) is 1. The summed E-state index contributed by atoms with van der Waals surface area (Å²) in [7, 11) is 0. The second-order valence-electron chi connectivity index (χ2n) is 6.09. The van der Waals surface area contributed by atoms with E-state index in [0.29, 0.717) is 10.0 Å². The fraction of sp³-hybridized carbons (Fsp3) is 0.667. The number of halogens is 2. The van der Waals surface area contributed by atoms with Crippen LogP contribution < -0.4 is 4.74 Å². The summed E-state index contributed by atoms with van der Waals surface area (Å²) in [6.45, 7) is 4.68. The third kappa shape index (κ3) is 6.76. The molecule has 2 rings (SSSR count). The Morgan fingerprint density at radius 3 is 2.36 bits per heavy atom. The van der Waals surface area contributed by atoms with Crippen molar-refractivity contribution in [1.29, 1.82) is 0 Å². The van der Waals surface area contributed by atoms with Crippen molar-refractivity contribution in [3.05, 3.63) is 28.2 Å². The smallest absolute Gasteiger partial charge is 0.120 e. The highest BCUT2D eigenvalue weighted by atomic mass is 35.5. The molecule has 0 bridgehead atoms. The summed E-state index contributed by atoms with van der Waals surface area (Å²) in [4.78, 5) is 2.62. The van der Waals surface area contributed by atoms with Gasteiger partial charge < -0.3 is 9.64 Å². The fourth-order valence-corrected chi connectivity index (χ4v) is 3.20. The van der Waals surface area contributed by atoms with Crippen LogP contribution in [0.5, 0.6) is 5.75 Å². The molecule has 1 aromatic carbocycles. The first-order valence-corrected chi connectivity index (χ1v) is 9.31. The van der Waals surface area contributed by atoms with Gasteiger partial charge in [0.25, 0.3) is 0 Å². The molecule has 0 aliphatic carbocycles. The maximum Gasteiger partial charge on any atom is 0.120 e. The van der Waals surface area contributed by atoms with Gasteiger partial charge in [-0.1, -0.05) is 48.9 Å². The van der Waals surface area contributed by atoms with Crippen molar-refractivity contribution in [2.75, 3.05) is 26.2 Å². The Balaban J connectivity index is 1.44. The lowest BCUT2D eigenvalue weighted by molar-refractivity contribution is 0.223. The van der Waals surface area contributed by atoms with Crippen LogP contribution in [-0.4, -0.2) is 31.1 Å². The molecule has 0 aromatic heterocycles. The fourth-order valence-electron chi connectivity index (χ4n) is 2.91. The molecular formula is C18H27Cl2NO. The lowest BCUT2D eigenvalue weighted by Crippen LogP contribution is -2.30. The number of hydrogen-bond acceptors (Lipinski definition) is 2. The van der Waals surface area contributed by atoms with Gasteiger partial charge in [0.1, 0.15) is 5.75 Å². The summed E-state index contributed by atoms with van der Waals surface area (Å²) in [6.07, 6.45) is 10.5. The third-order valence-electron chi connectivity index (χ3n) is 4.23. The Hall–Kier alpha value is -0.440. The molecule has 1 aliphatic heterocycles. The number of rotatable bonds is 9. The van der Waals surface area contributed by atoms with Crippen molar-refractivity contribution >= 4 is 23.2 Å². The van der Waals surface area contributed by atoms with Gasteiger partial charge >= 0.3 is 0 Å².